The highest BCUT2D eigenvalue weighted by molar-refractivity contribution is 7.99. The zero-order chi connectivity index (χ0) is 15.0. The van der Waals surface area contributed by atoms with Crippen LogP contribution in [0.15, 0.2) is 21.6 Å². The maximum Gasteiger partial charge on any atom is 0.237 e. The van der Waals surface area contributed by atoms with Gasteiger partial charge in [0.2, 0.25) is 5.91 Å². The molecule has 1 amide bonds. The van der Waals surface area contributed by atoms with E-state index in [1.54, 1.807) is 18.0 Å². The first kappa shape index (κ1) is 17.1. The van der Waals surface area contributed by atoms with Crippen LogP contribution in [0, 0.1) is 6.92 Å². The third-order valence-corrected chi connectivity index (χ3v) is 4.68. The molecule has 0 bridgehead atoms. The average Bonchev–Trinajstić information content (AvgIpc) is 2.81. The van der Waals surface area contributed by atoms with Crippen molar-refractivity contribution in [3.05, 3.63) is 18.1 Å². The van der Waals surface area contributed by atoms with Crippen LogP contribution in [0.5, 0.6) is 0 Å². The number of primary amides is 1. The predicted octanol–water partition coefficient (Wildman–Crippen LogP) is 3.09. The Kier molecular flexibility index (Phi) is 7.16. The van der Waals surface area contributed by atoms with Crippen molar-refractivity contribution in [1.82, 2.24) is 5.32 Å². The minimum Gasteiger partial charge on any atom is -0.468 e. The fourth-order valence-electron chi connectivity index (χ4n) is 1.99. The van der Waals surface area contributed by atoms with E-state index in [-0.39, 0.29) is 5.91 Å². The molecule has 0 saturated heterocycles. The molecular formula is C15H26N2O2S. The molecule has 0 aliphatic carbocycles. The molecule has 1 atom stereocenters. The summed E-state index contributed by atoms with van der Waals surface area (Å²) in [6.07, 6.45) is 5.55. The Morgan fingerprint density at radius 3 is 2.80 bits per heavy atom. The Morgan fingerprint density at radius 2 is 2.25 bits per heavy atom. The van der Waals surface area contributed by atoms with Crippen molar-refractivity contribution in [3.8, 4) is 0 Å². The second kappa shape index (κ2) is 8.37. The SMILES string of the molecule is CCCNC(C)(CCCCSc1ccoc1C)C(N)=O. The van der Waals surface area contributed by atoms with Crippen LogP contribution >= 0.6 is 11.8 Å². The molecule has 4 nitrogen and oxygen atoms in total. The molecule has 1 aromatic heterocycles. The third kappa shape index (κ3) is 5.21. The molecule has 0 aliphatic rings. The molecule has 0 spiro atoms. The second-order valence-electron chi connectivity index (χ2n) is 5.27. The highest BCUT2D eigenvalue weighted by atomic mass is 32.2. The number of thioether (sulfide) groups is 1. The van der Waals surface area contributed by atoms with E-state index >= 15 is 0 Å². The number of unbranched alkanes of at least 4 members (excludes halogenated alkanes) is 1. The molecule has 1 heterocycles. The minimum atomic E-state index is -0.577. The van der Waals surface area contributed by atoms with Gasteiger partial charge in [0.25, 0.3) is 0 Å². The first-order valence-corrected chi connectivity index (χ1v) is 8.20. The maximum atomic E-state index is 11.6. The number of hydrogen-bond acceptors (Lipinski definition) is 4. The monoisotopic (exact) mass is 298 g/mol. The fraction of sp³-hybridized carbons (Fsp3) is 0.667. The van der Waals surface area contributed by atoms with Crippen molar-refractivity contribution in [2.45, 2.75) is 56.9 Å². The predicted molar refractivity (Wildman–Crippen MR) is 83.9 cm³/mol. The standard InChI is InChI=1S/C15H26N2O2S/c1-4-9-17-15(3,14(16)18)8-5-6-11-20-13-7-10-19-12(13)2/h7,10,17H,4-6,8-9,11H2,1-3H3,(H2,16,18). The lowest BCUT2D eigenvalue weighted by Crippen LogP contribution is -2.53. The molecule has 0 radical (unpaired) electrons. The smallest absolute Gasteiger partial charge is 0.237 e. The van der Waals surface area contributed by atoms with Gasteiger partial charge in [-0.15, -0.1) is 11.8 Å². The van der Waals surface area contributed by atoms with E-state index < -0.39 is 5.54 Å². The Morgan fingerprint density at radius 1 is 1.50 bits per heavy atom. The van der Waals surface area contributed by atoms with Crippen molar-refractivity contribution < 1.29 is 9.21 Å². The summed E-state index contributed by atoms with van der Waals surface area (Å²) in [5.74, 6) is 1.74. The van der Waals surface area contributed by atoms with Gasteiger partial charge in [0, 0.05) is 4.90 Å². The van der Waals surface area contributed by atoms with E-state index in [9.17, 15) is 4.79 Å². The van der Waals surface area contributed by atoms with E-state index in [0.717, 1.165) is 43.7 Å². The van der Waals surface area contributed by atoms with E-state index in [0.29, 0.717) is 0 Å². The van der Waals surface area contributed by atoms with Gasteiger partial charge in [-0.1, -0.05) is 13.3 Å². The van der Waals surface area contributed by atoms with Gasteiger partial charge < -0.3 is 15.5 Å². The number of furan rings is 1. The van der Waals surface area contributed by atoms with Crippen LogP contribution in [0.4, 0.5) is 0 Å². The fourth-order valence-corrected chi connectivity index (χ4v) is 2.96. The lowest BCUT2D eigenvalue weighted by molar-refractivity contribution is -0.124. The van der Waals surface area contributed by atoms with Crippen LogP contribution in [0.25, 0.3) is 0 Å². The van der Waals surface area contributed by atoms with Crippen LogP contribution in [-0.4, -0.2) is 23.7 Å². The quantitative estimate of drug-likeness (QED) is 0.514. The summed E-state index contributed by atoms with van der Waals surface area (Å²) in [5.41, 5.74) is 4.93. The summed E-state index contributed by atoms with van der Waals surface area (Å²) in [7, 11) is 0. The van der Waals surface area contributed by atoms with Crippen molar-refractivity contribution in [3.63, 3.8) is 0 Å². The van der Waals surface area contributed by atoms with E-state index in [1.165, 1.54) is 4.90 Å². The van der Waals surface area contributed by atoms with Crippen molar-refractivity contribution >= 4 is 17.7 Å². The molecule has 114 valence electrons. The molecule has 20 heavy (non-hydrogen) atoms. The van der Waals surface area contributed by atoms with Gasteiger partial charge >= 0.3 is 0 Å². The molecule has 0 aromatic carbocycles. The summed E-state index contributed by atoms with van der Waals surface area (Å²) in [6, 6.07) is 2.00. The van der Waals surface area contributed by atoms with Gasteiger partial charge in [-0.2, -0.15) is 0 Å². The van der Waals surface area contributed by atoms with Crippen LogP contribution in [0.1, 0.15) is 45.3 Å². The highest BCUT2D eigenvalue weighted by Crippen LogP contribution is 2.25. The lowest BCUT2D eigenvalue weighted by Gasteiger charge is -2.27. The van der Waals surface area contributed by atoms with Gasteiger partial charge in [0.05, 0.1) is 11.8 Å². The van der Waals surface area contributed by atoms with Crippen molar-refractivity contribution in [1.29, 1.82) is 0 Å². The van der Waals surface area contributed by atoms with Gasteiger partial charge in [-0.05, 0) is 51.5 Å². The van der Waals surface area contributed by atoms with Crippen LogP contribution in [-0.2, 0) is 4.79 Å². The van der Waals surface area contributed by atoms with Crippen LogP contribution in [0.3, 0.4) is 0 Å². The number of hydrogen-bond donors (Lipinski definition) is 2. The topological polar surface area (TPSA) is 68.3 Å². The van der Waals surface area contributed by atoms with Crippen LogP contribution in [0.2, 0.25) is 0 Å². The van der Waals surface area contributed by atoms with Gasteiger partial charge in [0.1, 0.15) is 5.76 Å². The third-order valence-electron chi connectivity index (χ3n) is 3.45. The Hall–Kier alpha value is -0.940. The average molecular weight is 298 g/mol. The number of carbonyl (C=O) groups is 1. The van der Waals surface area contributed by atoms with Crippen molar-refractivity contribution in [2.24, 2.45) is 5.73 Å². The van der Waals surface area contributed by atoms with E-state index in [1.807, 2.05) is 19.9 Å². The zero-order valence-corrected chi connectivity index (χ0v) is 13.5. The Labute approximate surface area is 125 Å². The Bertz CT molecular complexity index is 420. The van der Waals surface area contributed by atoms with Gasteiger partial charge in [-0.3, -0.25) is 4.79 Å². The van der Waals surface area contributed by atoms with Gasteiger partial charge in [0.15, 0.2) is 0 Å². The molecule has 0 fully saturated rings. The molecule has 3 N–H and O–H groups in total. The summed E-state index contributed by atoms with van der Waals surface area (Å²) in [5, 5.41) is 3.26. The molecule has 0 saturated carbocycles. The zero-order valence-electron chi connectivity index (χ0n) is 12.7. The largest absolute Gasteiger partial charge is 0.468 e. The summed E-state index contributed by atoms with van der Waals surface area (Å²) in [6.45, 7) is 6.78. The summed E-state index contributed by atoms with van der Waals surface area (Å²) >= 11 is 1.80. The number of rotatable bonds is 10. The molecular weight excluding hydrogens is 272 g/mol. The van der Waals surface area contributed by atoms with E-state index in [4.69, 9.17) is 10.2 Å². The van der Waals surface area contributed by atoms with Crippen LogP contribution < -0.4 is 11.1 Å². The lowest BCUT2D eigenvalue weighted by atomic mass is 9.94. The first-order chi connectivity index (χ1) is 9.49. The number of carbonyl (C=O) groups excluding carboxylic acids is 1. The van der Waals surface area contributed by atoms with E-state index in [2.05, 4.69) is 12.2 Å². The normalized spacial score (nSPS) is 14.2. The number of aryl methyl sites for hydroxylation is 1. The van der Waals surface area contributed by atoms with Crippen molar-refractivity contribution in [2.75, 3.05) is 12.3 Å². The number of amides is 1. The molecule has 0 aliphatic heterocycles. The number of nitrogens with two attached hydrogens (primary N) is 1. The summed E-state index contributed by atoms with van der Waals surface area (Å²) < 4.78 is 5.26. The number of nitrogens with one attached hydrogen (secondary N) is 1. The summed E-state index contributed by atoms with van der Waals surface area (Å²) in [4.78, 5) is 12.8. The first-order valence-electron chi connectivity index (χ1n) is 7.21. The van der Waals surface area contributed by atoms with Gasteiger partial charge in [-0.25, -0.2) is 0 Å². The minimum absolute atomic E-state index is 0.260. The maximum absolute atomic E-state index is 11.6. The molecule has 1 unspecified atom stereocenters. The Balaban J connectivity index is 2.27. The molecule has 1 rings (SSSR count). The second-order valence-corrected chi connectivity index (χ2v) is 6.41. The molecule has 1 aromatic rings. The highest BCUT2D eigenvalue weighted by Gasteiger charge is 2.29. The molecule has 5 heteroatoms.